The normalized spacial score (nSPS) is 16.9. The van der Waals surface area contributed by atoms with Gasteiger partial charge in [-0.2, -0.15) is 0 Å². The standard InChI is InChI=1S/C17H16BrN3O/c18-14-3-2-12-8-21-10-13(15(12)6-14)9-20-7-11-1-4-16(19)17(22)5-11/h1-6,9-10,13,22H,7-8,19H2. The molecule has 3 N–H and O–H groups in total. The first kappa shape index (κ1) is 14.8. The van der Waals surface area contributed by atoms with Gasteiger partial charge in [0.2, 0.25) is 0 Å². The molecule has 1 aliphatic rings. The molecule has 3 rings (SSSR count). The van der Waals surface area contributed by atoms with Crippen LogP contribution in [0.1, 0.15) is 22.6 Å². The van der Waals surface area contributed by atoms with Crippen LogP contribution in [-0.2, 0) is 13.1 Å². The van der Waals surface area contributed by atoms with Gasteiger partial charge < -0.3 is 10.8 Å². The lowest BCUT2D eigenvalue weighted by molar-refractivity contribution is 0.477. The number of nitrogens with two attached hydrogens (primary N) is 1. The van der Waals surface area contributed by atoms with Crippen molar-refractivity contribution < 1.29 is 5.11 Å². The van der Waals surface area contributed by atoms with E-state index in [0.717, 1.165) is 16.6 Å². The summed E-state index contributed by atoms with van der Waals surface area (Å²) in [6.07, 6.45) is 3.83. The predicted molar refractivity (Wildman–Crippen MR) is 93.8 cm³/mol. The highest BCUT2D eigenvalue weighted by Crippen LogP contribution is 2.26. The fourth-order valence-corrected chi connectivity index (χ4v) is 2.82. The van der Waals surface area contributed by atoms with Gasteiger partial charge in [-0.15, -0.1) is 0 Å². The molecule has 22 heavy (non-hydrogen) atoms. The molecule has 0 saturated heterocycles. The summed E-state index contributed by atoms with van der Waals surface area (Å²) in [5.41, 5.74) is 9.35. The molecule has 1 heterocycles. The molecular formula is C17H16BrN3O. The monoisotopic (exact) mass is 357 g/mol. The Kier molecular flexibility index (Phi) is 4.24. The van der Waals surface area contributed by atoms with E-state index in [2.05, 4.69) is 38.0 Å². The number of anilines is 1. The molecule has 2 aromatic carbocycles. The minimum absolute atomic E-state index is 0.0867. The van der Waals surface area contributed by atoms with Gasteiger partial charge in [-0.05, 0) is 41.0 Å². The van der Waals surface area contributed by atoms with Gasteiger partial charge in [0, 0.05) is 16.9 Å². The number of nitrogen functional groups attached to an aromatic ring is 1. The molecule has 112 valence electrons. The quantitative estimate of drug-likeness (QED) is 0.499. The van der Waals surface area contributed by atoms with Gasteiger partial charge in [0.1, 0.15) is 5.75 Å². The first-order chi connectivity index (χ1) is 10.6. The molecule has 0 spiro atoms. The van der Waals surface area contributed by atoms with Crippen LogP contribution < -0.4 is 5.73 Å². The number of aromatic hydroxyl groups is 1. The lowest BCUT2D eigenvalue weighted by atomic mass is 9.94. The third-order valence-corrected chi connectivity index (χ3v) is 4.12. The number of phenols is 1. The highest BCUT2D eigenvalue weighted by atomic mass is 79.9. The van der Waals surface area contributed by atoms with Crippen LogP contribution in [0.5, 0.6) is 5.75 Å². The SMILES string of the molecule is Nc1ccc(CN=CC2C=NCc3ccc(Br)cc32)cc1O. The van der Waals surface area contributed by atoms with Crippen molar-refractivity contribution in [2.75, 3.05) is 5.73 Å². The molecule has 0 bridgehead atoms. The maximum atomic E-state index is 9.61. The van der Waals surface area contributed by atoms with Crippen molar-refractivity contribution in [2.24, 2.45) is 9.98 Å². The van der Waals surface area contributed by atoms with Crippen molar-refractivity contribution in [2.45, 2.75) is 19.0 Å². The summed E-state index contributed by atoms with van der Waals surface area (Å²) >= 11 is 3.51. The number of hydrogen-bond acceptors (Lipinski definition) is 4. The van der Waals surface area contributed by atoms with E-state index in [4.69, 9.17) is 5.73 Å². The van der Waals surface area contributed by atoms with Crippen molar-refractivity contribution in [1.29, 1.82) is 0 Å². The molecule has 5 heteroatoms. The highest BCUT2D eigenvalue weighted by molar-refractivity contribution is 9.10. The average molecular weight is 358 g/mol. The van der Waals surface area contributed by atoms with Crippen LogP contribution >= 0.6 is 15.9 Å². The van der Waals surface area contributed by atoms with Crippen molar-refractivity contribution >= 4 is 34.0 Å². The smallest absolute Gasteiger partial charge is 0.138 e. The third kappa shape index (κ3) is 3.20. The molecule has 1 atom stereocenters. The van der Waals surface area contributed by atoms with Gasteiger partial charge in [-0.25, -0.2) is 0 Å². The lowest BCUT2D eigenvalue weighted by Crippen LogP contribution is -2.10. The predicted octanol–water partition coefficient (Wildman–Crippen LogP) is 3.68. The Bertz CT molecular complexity index is 756. The Hall–Kier alpha value is -2.14. The number of rotatable bonds is 3. The van der Waals surface area contributed by atoms with Crippen molar-refractivity contribution in [1.82, 2.24) is 0 Å². The van der Waals surface area contributed by atoms with E-state index >= 15 is 0 Å². The van der Waals surface area contributed by atoms with Crippen LogP contribution in [-0.4, -0.2) is 17.5 Å². The third-order valence-electron chi connectivity index (χ3n) is 3.63. The van der Waals surface area contributed by atoms with Crippen LogP contribution in [0.2, 0.25) is 0 Å². The van der Waals surface area contributed by atoms with Crippen LogP contribution in [0.4, 0.5) is 5.69 Å². The van der Waals surface area contributed by atoms with E-state index in [0.29, 0.717) is 12.2 Å². The van der Waals surface area contributed by atoms with Crippen LogP contribution in [0.3, 0.4) is 0 Å². The number of fused-ring (bicyclic) bond motifs is 1. The summed E-state index contributed by atoms with van der Waals surface area (Å²) in [5, 5.41) is 9.61. The number of aliphatic imine (C=N–C) groups is 2. The zero-order chi connectivity index (χ0) is 15.5. The second-order valence-electron chi connectivity index (χ2n) is 5.24. The van der Waals surface area contributed by atoms with Gasteiger partial charge in [-0.1, -0.05) is 28.1 Å². The van der Waals surface area contributed by atoms with E-state index in [1.165, 1.54) is 11.1 Å². The molecule has 2 aromatic rings. The van der Waals surface area contributed by atoms with Gasteiger partial charge in [-0.3, -0.25) is 9.98 Å². The molecule has 0 aliphatic carbocycles. The Morgan fingerprint density at radius 3 is 3.00 bits per heavy atom. The summed E-state index contributed by atoms with van der Waals surface area (Å²) in [6, 6.07) is 11.4. The fourth-order valence-electron chi connectivity index (χ4n) is 2.44. The maximum Gasteiger partial charge on any atom is 0.138 e. The second-order valence-corrected chi connectivity index (χ2v) is 6.16. The van der Waals surface area contributed by atoms with Gasteiger partial charge in [0.05, 0.1) is 24.7 Å². The van der Waals surface area contributed by atoms with Crippen molar-refractivity contribution in [3.05, 3.63) is 57.6 Å². The van der Waals surface area contributed by atoms with Gasteiger partial charge in [0.25, 0.3) is 0 Å². The summed E-state index contributed by atoms with van der Waals surface area (Å²) in [7, 11) is 0. The van der Waals surface area contributed by atoms with E-state index in [1.807, 2.05) is 24.6 Å². The van der Waals surface area contributed by atoms with Crippen LogP contribution in [0.15, 0.2) is 50.9 Å². The molecule has 0 saturated carbocycles. The molecule has 0 amide bonds. The van der Waals surface area contributed by atoms with E-state index in [9.17, 15) is 5.11 Å². The van der Waals surface area contributed by atoms with E-state index in [-0.39, 0.29) is 11.7 Å². The molecule has 0 aromatic heterocycles. The average Bonchev–Trinajstić information content (AvgIpc) is 2.51. The lowest BCUT2D eigenvalue weighted by Gasteiger charge is -2.17. The minimum atomic E-state index is 0.0867. The molecule has 4 nitrogen and oxygen atoms in total. The number of halogens is 1. The van der Waals surface area contributed by atoms with Crippen LogP contribution in [0, 0.1) is 0 Å². The Morgan fingerprint density at radius 2 is 2.18 bits per heavy atom. The minimum Gasteiger partial charge on any atom is -0.506 e. The molecule has 0 radical (unpaired) electrons. The zero-order valence-electron chi connectivity index (χ0n) is 11.9. The summed E-state index contributed by atoms with van der Waals surface area (Å²) in [5.74, 6) is 0.185. The largest absolute Gasteiger partial charge is 0.506 e. The van der Waals surface area contributed by atoms with E-state index in [1.54, 1.807) is 12.1 Å². The Labute approximate surface area is 137 Å². The first-order valence-corrected chi connectivity index (χ1v) is 7.78. The number of phenolic OH excluding ortho intramolecular Hbond substituents is 1. The van der Waals surface area contributed by atoms with Crippen molar-refractivity contribution in [3.8, 4) is 5.75 Å². The highest BCUT2D eigenvalue weighted by Gasteiger charge is 2.15. The maximum absolute atomic E-state index is 9.61. The van der Waals surface area contributed by atoms with Crippen LogP contribution in [0.25, 0.3) is 0 Å². The molecule has 0 fully saturated rings. The molecule has 1 aliphatic heterocycles. The first-order valence-electron chi connectivity index (χ1n) is 6.99. The summed E-state index contributed by atoms with van der Waals surface area (Å²) < 4.78 is 1.06. The van der Waals surface area contributed by atoms with Crippen molar-refractivity contribution in [3.63, 3.8) is 0 Å². The summed E-state index contributed by atoms with van der Waals surface area (Å²) in [6.45, 7) is 1.22. The number of benzene rings is 2. The Balaban J connectivity index is 1.75. The van der Waals surface area contributed by atoms with Gasteiger partial charge in [0.15, 0.2) is 0 Å². The number of nitrogens with zero attached hydrogens (tertiary/aromatic N) is 2. The summed E-state index contributed by atoms with van der Waals surface area (Å²) in [4.78, 5) is 8.87. The zero-order valence-corrected chi connectivity index (χ0v) is 13.5. The Morgan fingerprint density at radius 1 is 1.32 bits per heavy atom. The molecule has 1 unspecified atom stereocenters. The fraction of sp³-hybridized carbons (Fsp3) is 0.176. The second kappa shape index (κ2) is 6.32. The topological polar surface area (TPSA) is 71.0 Å². The number of hydrogen-bond donors (Lipinski definition) is 2. The molecular weight excluding hydrogens is 342 g/mol. The van der Waals surface area contributed by atoms with E-state index < -0.39 is 0 Å². The van der Waals surface area contributed by atoms with Gasteiger partial charge >= 0.3 is 0 Å².